The Morgan fingerprint density at radius 1 is 1.17 bits per heavy atom. The summed E-state index contributed by atoms with van der Waals surface area (Å²) in [6.07, 6.45) is 6.85. The van der Waals surface area contributed by atoms with Gasteiger partial charge in [0.25, 0.3) is 5.91 Å². The Hall–Kier alpha value is -2.07. The first kappa shape index (κ1) is 16.8. The molecule has 1 saturated carbocycles. The van der Waals surface area contributed by atoms with Gasteiger partial charge in [0.05, 0.1) is 12.8 Å². The largest absolute Gasteiger partial charge is 0.467 e. The maximum atomic E-state index is 12.3. The van der Waals surface area contributed by atoms with Crippen LogP contribution in [0.2, 0.25) is 0 Å². The quantitative estimate of drug-likeness (QED) is 0.847. The fourth-order valence-electron chi connectivity index (χ4n) is 3.37. The molecule has 2 atom stereocenters. The number of furan rings is 1. The summed E-state index contributed by atoms with van der Waals surface area (Å²) in [6, 6.07) is 12.1. The van der Waals surface area contributed by atoms with Crippen molar-refractivity contribution in [2.75, 3.05) is 0 Å². The third-order valence-corrected chi connectivity index (χ3v) is 4.87. The second-order valence-electron chi connectivity index (χ2n) is 6.71. The summed E-state index contributed by atoms with van der Waals surface area (Å²) in [5, 5.41) is 6.55. The molecule has 4 nitrogen and oxygen atoms in total. The highest BCUT2D eigenvalue weighted by Crippen LogP contribution is 2.24. The van der Waals surface area contributed by atoms with Gasteiger partial charge < -0.3 is 15.1 Å². The first-order chi connectivity index (χ1) is 11.7. The van der Waals surface area contributed by atoms with Crippen molar-refractivity contribution in [2.45, 2.75) is 51.7 Å². The third kappa shape index (κ3) is 4.48. The van der Waals surface area contributed by atoms with Gasteiger partial charge >= 0.3 is 0 Å². The zero-order valence-corrected chi connectivity index (χ0v) is 14.3. The SMILES string of the molecule is CC1CCCCC1NCc1cccc(C(=O)NCc2ccco2)c1. The molecule has 2 unspecified atom stereocenters. The summed E-state index contributed by atoms with van der Waals surface area (Å²) in [5.74, 6) is 1.42. The van der Waals surface area contributed by atoms with Crippen LogP contribution in [0.15, 0.2) is 47.1 Å². The van der Waals surface area contributed by atoms with Gasteiger partial charge in [-0.3, -0.25) is 4.79 Å². The van der Waals surface area contributed by atoms with E-state index in [4.69, 9.17) is 4.42 Å². The minimum absolute atomic E-state index is 0.0701. The lowest BCUT2D eigenvalue weighted by atomic mass is 9.86. The molecule has 0 radical (unpaired) electrons. The summed E-state index contributed by atoms with van der Waals surface area (Å²) in [7, 11) is 0. The van der Waals surface area contributed by atoms with Gasteiger partial charge in [-0.2, -0.15) is 0 Å². The molecule has 128 valence electrons. The normalized spacial score (nSPS) is 20.7. The lowest BCUT2D eigenvalue weighted by molar-refractivity contribution is 0.0948. The van der Waals surface area contributed by atoms with Gasteiger partial charge in [-0.1, -0.05) is 31.9 Å². The summed E-state index contributed by atoms with van der Waals surface area (Å²) in [4.78, 5) is 12.3. The molecule has 0 aliphatic heterocycles. The Bertz CT molecular complexity index is 651. The molecule has 1 fully saturated rings. The number of amides is 1. The monoisotopic (exact) mass is 326 g/mol. The van der Waals surface area contributed by atoms with Crippen molar-refractivity contribution in [3.8, 4) is 0 Å². The van der Waals surface area contributed by atoms with Crippen LogP contribution in [0.5, 0.6) is 0 Å². The number of carbonyl (C=O) groups excluding carboxylic acids is 1. The van der Waals surface area contributed by atoms with Crippen LogP contribution in [0.4, 0.5) is 0 Å². The number of nitrogens with one attached hydrogen (secondary N) is 2. The molecule has 1 heterocycles. The fraction of sp³-hybridized carbons (Fsp3) is 0.450. The van der Waals surface area contributed by atoms with Gasteiger partial charge in [0.1, 0.15) is 5.76 Å². The summed E-state index contributed by atoms with van der Waals surface area (Å²) >= 11 is 0. The van der Waals surface area contributed by atoms with E-state index >= 15 is 0 Å². The molecule has 4 heteroatoms. The van der Waals surface area contributed by atoms with Gasteiger partial charge in [0, 0.05) is 18.2 Å². The van der Waals surface area contributed by atoms with Gasteiger partial charge in [-0.15, -0.1) is 0 Å². The van der Waals surface area contributed by atoms with Gasteiger partial charge in [0.2, 0.25) is 0 Å². The molecule has 1 aliphatic rings. The van der Waals surface area contributed by atoms with E-state index in [1.807, 2.05) is 30.3 Å². The van der Waals surface area contributed by atoms with Gasteiger partial charge in [0.15, 0.2) is 0 Å². The zero-order chi connectivity index (χ0) is 16.8. The van der Waals surface area contributed by atoms with Crippen LogP contribution in [0.1, 0.15) is 54.3 Å². The van der Waals surface area contributed by atoms with Crippen molar-refractivity contribution in [1.29, 1.82) is 0 Å². The number of hydrogen-bond acceptors (Lipinski definition) is 3. The molecule has 3 rings (SSSR count). The van der Waals surface area contributed by atoms with Crippen molar-refractivity contribution in [2.24, 2.45) is 5.92 Å². The highest BCUT2D eigenvalue weighted by Gasteiger charge is 2.20. The first-order valence-corrected chi connectivity index (χ1v) is 8.85. The number of rotatable bonds is 6. The van der Waals surface area contributed by atoms with Gasteiger partial charge in [-0.25, -0.2) is 0 Å². The second kappa shape index (κ2) is 8.15. The molecule has 2 N–H and O–H groups in total. The van der Waals surface area contributed by atoms with Crippen LogP contribution in [-0.2, 0) is 13.1 Å². The molecule has 0 saturated heterocycles. The van der Waals surface area contributed by atoms with Gasteiger partial charge in [-0.05, 0) is 48.6 Å². The van der Waals surface area contributed by atoms with E-state index in [0.717, 1.165) is 23.8 Å². The third-order valence-electron chi connectivity index (χ3n) is 4.87. The van der Waals surface area contributed by atoms with Crippen LogP contribution in [0, 0.1) is 5.92 Å². The number of hydrogen-bond donors (Lipinski definition) is 2. The van der Waals surface area contributed by atoms with Crippen molar-refractivity contribution >= 4 is 5.91 Å². The summed E-state index contributed by atoms with van der Waals surface area (Å²) < 4.78 is 5.23. The Kier molecular flexibility index (Phi) is 5.70. The molecule has 2 aromatic rings. The molecule has 1 amide bonds. The van der Waals surface area contributed by atoms with E-state index in [1.165, 1.54) is 25.7 Å². The standard InChI is InChI=1S/C20H26N2O2/c1-15-6-2-3-10-19(15)21-13-16-7-4-8-17(12-16)20(23)22-14-18-9-5-11-24-18/h4-5,7-9,11-12,15,19,21H,2-3,6,10,13-14H2,1H3,(H,22,23). The van der Waals surface area contributed by atoms with Crippen molar-refractivity contribution in [3.05, 3.63) is 59.5 Å². The topological polar surface area (TPSA) is 54.3 Å². The minimum atomic E-state index is -0.0701. The molecule has 1 aliphatic carbocycles. The first-order valence-electron chi connectivity index (χ1n) is 8.85. The number of benzene rings is 1. The average Bonchev–Trinajstić information content (AvgIpc) is 3.13. The lowest BCUT2D eigenvalue weighted by Crippen LogP contribution is -2.36. The zero-order valence-electron chi connectivity index (χ0n) is 14.3. The van der Waals surface area contributed by atoms with Crippen LogP contribution in [0.3, 0.4) is 0 Å². The molecule has 1 aromatic heterocycles. The second-order valence-corrected chi connectivity index (χ2v) is 6.71. The van der Waals surface area contributed by atoms with E-state index in [-0.39, 0.29) is 5.91 Å². The van der Waals surface area contributed by atoms with E-state index in [9.17, 15) is 4.79 Å². The Morgan fingerprint density at radius 2 is 2.04 bits per heavy atom. The highest BCUT2D eigenvalue weighted by molar-refractivity contribution is 5.94. The Balaban J connectivity index is 1.54. The molecule has 0 spiro atoms. The van der Waals surface area contributed by atoms with Crippen LogP contribution < -0.4 is 10.6 Å². The highest BCUT2D eigenvalue weighted by atomic mass is 16.3. The van der Waals surface area contributed by atoms with E-state index in [0.29, 0.717) is 18.2 Å². The van der Waals surface area contributed by atoms with Crippen molar-refractivity contribution in [1.82, 2.24) is 10.6 Å². The van der Waals surface area contributed by atoms with E-state index in [1.54, 1.807) is 6.26 Å². The maximum absolute atomic E-state index is 12.3. The van der Waals surface area contributed by atoms with Crippen molar-refractivity contribution in [3.63, 3.8) is 0 Å². The molecule has 0 bridgehead atoms. The Morgan fingerprint density at radius 3 is 2.83 bits per heavy atom. The average molecular weight is 326 g/mol. The minimum Gasteiger partial charge on any atom is -0.467 e. The molecular weight excluding hydrogens is 300 g/mol. The fourth-order valence-corrected chi connectivity index (χ4v) is 3.37. The Labute approximate surface area is 143 Å². The predicted octanol–water partition coefficient (Wildman–Crippen LogP) is 3.88. The number of carbonyl (C=O) groups is 1. The molecule has 1 aromatic carbocycles. The molecular formula is C20H26N2O2. The molecule has 24 heavy (non-hydrogen) atoms. The summed E-state index contributed by atoms with van der Waals surface area (Å²) in [6.45, 7) is 3.55. The lowest BCUT2D eigenvalue weighted by Gasteiger charge is -2.29. The van der Waals surface area contributed by atoms with Crippen LogP contribution in [0.25, 0.3) is 0 Å². The smallest absolute Gasteiger partial charge is 0.251 e. The van der Waals surface area contributed by atoms with E-state index < -0.39 is 0 Å². The predicted molar refractivity (Wildman–Crippen MR) is 94.6 cm³/mol. The summed E-state index contributed by atoms with van der Waals surface area (Å²) in [5.41, 5.74) is 1.84. The van der Waals surface area contributed by atoms with Crippen molar-refractivity contribution < 1.29 is 9.21 Å². The maximum Gasteiger partial charge on any atom is 0.251 e. The van der Waals surface area contributed by atoms with E-state index in [2.05, 4.69) is 23.6 Å². The van der Waals surface area contributed by atoms with Crippen LogP contribution in [-0.4, -0.2) is 11.9 Å². The van der Waals surface area contributed by atoms with Crippen LogP contribution >= 0.6 is 0 Å².